The summed E-state index contributed by atoms with van der Waals surface area (Å²) in [5, 5.41) is 0.556. The van der Waals surface area contributed by atoms with Crippen molar-refractivity contribution in [3.05, 3.63) is 0 Å². The van der Waals surface area contributed by atoms with Gasteiger partial charge in [-0.1, -0.05) is 0 Å². The van der Waals surface area contributed by atoms with Gasteiger partial charge in [0.15, 0.2) is 0 Å². The van der Waals surface area contributed by atoms with Crippen molar-refractivity contribution in [2.24, 2.45) is 5.92 Å². The molecule has 1 atom stereocenters. The third-order valence-corrected chi connectivity index (χ3v) is 2.15. The summed E-state index contributed by atoms with van der Waals surface area (Å²) in [5.41, 5.74) is 0. The van der Waals surface area contributed by atoms with E-state index < -0.39 is 18.0 Å². The van der Waals surface area contributed by atoms with E-state index in [0.717, 1.165) is 0 Å². The van der Waals surface area contributed by atoms with Crippen molar-refractivity contribution >= 4 is 12.1 Å². The SMILES string of the molecule is CCOC(=O)OC(=O)C1CCCN(F)C1. The van der Waals surface area contributed by atoms with Crippen LogP contribution in [0.4, 0.5) is 9.28 Å². The highest BCUT2D eigenvalue weighted by Gasteiger charge is 2.28. The molecule has 15 heavy (non-hydrogen) atoms. The summed E-state index contributed by atoms with van der Waals surface area (Å²) in [6.45, 7) is 2.06. The van der Waals surface area contributed by atoms with Gasteiger partial charge in [0.1, 0.15) is 0 Å². The molecule has 0 spiro atoms. The first-order valence-electron chi connectivity index (χ1n) is 4.92. The number of carbonyl (C=O) groups is 2. The second-order valence-corrected chi connectivity index (χ2v) is 3.31. The van der Waals surface area contributed by atoms with Gasteiger partial charge in [0.05, 0.1) is 12.5 Å². The number of ether oxygens (including phenoxy) is 2. The molecule has 0 saturated carbocycles. The minimum atomic E-state index is -1.02. The molecule has 6 heteroatoms. The van der Waals surface area contributed by atoms with Gasteiger partial charge in [-0.15, -0.1) is 9.60 Å². The van der Waals surface area contributed by atoms with E-state index in [1.165, 1.54) is 0 Å². The third-order valence-electron chi connectivity index (χ3n) is 2.15. The molecule has 1 rings (SSSR count). The first-order chi connectivity index (χ1) is 7.13. The molecule has 0 amide bonds. The van der Waals surface area contributed by atoms with Crippen LogP contribution < -0.4 is 0 Å². The number of rotatable bonds is 2. The van der Waals surface area contributed by atoms with Gasteiger partial charge in [-0.25, -0.2) is 4.79 Å². The van der Waals surface area contributed by atoms with E-state index in [1.54, 1.807) is 6.92 Å². The summed E-state index contributed by atoms with van der Waals surface area (Å²) in [6, 6.07) is 0. The molecule has 1 unspecified atom stereocenters. The highest BCUT2D eigenvalue weighted by atomic mass is 19.2. The molecule has 1 saturated heterocycles. The number of hydrogen-bond donors (Lipinski definition) is 0. The molecular weight excluding hydrogens is 205 g/mol. The van der Waals surface area contributed by atoms with Crippen molar-refractivity contribution in [1.29, 1.82) is 0 Å². The van der Waals surface area contributed by atoms with Gasteiger partial charge < -0.3 is 9.47 Å². The molecule has 0 bridgehead atoms. The molecular formula is C9H14FNO4. The highest BCUT2D eigenvalue weighted by Crippen LogP contribution is 2.18. The van der Waals surface area contributed by atoms with Gasteiger partial charge >= 0.3 is 12.1 Å². The zero-order valence-electron chi connectivity index (χ0n) is 8.57. The number of hydrogen-bond acceptors (Lipinski definition) is 5. The lowest BCUT2D eigenvalue weighted by atomic mass is 10.00. The molecule has 0 N–H and O–H groups in total. The third kappa shape index (κ3) is 3.83. The minimum Gasteiger partial charge on any atom is -0.434 e. The summed E-state index contributed by atoms with van der Waals surface area (Å²) in [4.78, 5) is 22.1. The molecule has 0 radical (unpaired) electrons. The summed E-state index contributed by atoms with van der Waals surface area (Å²) >= 11 is 0. The van der Waals surface area contributed by atoms with Crippen molar-refractivity contribution in [1.82, 2.24) is 5.12 Å². The van der Waals surface area contributed by atoms with Crippen LogP contribution in [-0.4, -0.2) is 36.9 Å². The fourth-order valence-corrected chi connectivity index (χ4v) is 1.44. The van der Waals surface area contributed by atoms with Crippen LogP contribution in [0.15, 0.2) is 0 Å². The molecule has 0 aromatic heterocycles. The number of halogens is 1. The van der Waals surface area contributed by atoms with Gasteiger partial charge in [0, 0.05) is 13.1 Å². The average molecular weight is 219 g/mol. The lowest BCUT2D eigenvalue weighted by Gasteiger charge is -2.23. The van der Waals surface area contributed by atoms with Crippen molar-refractivity contribution in [3.8, 4) is 0 Å². The monoisotopic (exact) mass is 219 g/mol. The van der Waals surface area contributed by atoms with E-state index in [1.807, 2.05) is 0 Å². The smallest absolute Gasteiger partial charge is 0.434 e. The van der Waals surface area contributed by atoms with Crippen molar-refractivity contribution in [2.75, 3.05) is 19.7 Å². The Bertz CT molecular complexity index is 246. The lowest BCUT2D eigenvalue weighted by molar-refractivity contribution is -0.149. The van der Waals surface area contributed by atoms with Gasteiger partial charge in [-0.05, 0) is 19.8 Å². The Morgan fingerprint density at radius 1 is 1.53 bits per heavy atom. The maximum atomic E-state index is 12.8. The predicted molar refractivity (Wildman–Crippen MR) is 48.5 cm³/mol. The molecule has 1 fully saturated rings. The number of carbonyl (C=O) groups excluding carboxylic acids is 2. The van der Waals surface area contributed by atoms with Crippen LogP contribution in [0.5, 0.6) is 0 Å². The van der Waals surface area contributed by atoms with Crippen molar-refractivity contribution in [2.45, 2.75) is 19.8 Å². The summed E-state index contributed by atoms with van der Waals surface area (Å²) in [5.74, 6) is -1.29. The Morgan fingerprint density at radius 2 is 2.27 bits per heavy atom. The Labute approximate surface area is 87.1 Å². The topological polar surface area (TPSA) is 55.8 Å². The molecule has 86 valence electrons. The van der Waals surface area contributed by atoms with Crippen LogP contribution in [0.25, 0.3) is 0 Å². The standard InChI is InChI=1S/C9H14FNO4/c1-2-14-9(13)15-8(12)7-4-3-5-11(10)6-7/h7H,2-6H2,1H3. The molecule has 0 aliphatic carbocycles. The van der Waals surface area contributed by atoms with Crippen LogP contribution in [0.1, 0.15) is 19.8 Å². The van der Waals surface area contributed by atoms with Crippen LogP contribution >= 0.6 is 0 Å². The van der Waals surface area contributed by atoms with Crippen molar-refractivity contribution < 1.29 is 23.5 Å². The summed E-state index contributed by atoms with van der Waals surface area (Å²) in [7, 11) is 0. The van der Waals surface area contributed by atoms with Gasteiger partial charge in [-0.2, -0.15) is 0 Å². The molecule has 0 aromatic carbocycles. The maximum absolute atomic E-state index is 12.8. The molecule has 0 aromatic rings. The quantitative estimate of drug-likeness (QED) is 0.398. The Morgan fingerprint density at radius 3 is 2.87 bits per heavy atom. The fourth-order valence-electron chi connectivity index (χ4n) is 1.44. The lowest BCUT2D eigenvalue weighted by Crippen LogP contribution is -2.35. The maximum Gasteiger partial charge on any atom is 0.516 e. The number of piperidine rings is 1. The second-order valence-electron chi connectivity index (χ2n) is 3.31. The van der Waals surface area contributed by atoms with Crippen LogP contribution in [0.3, 0.4) is 0 Å². The fraction of sp³-hybridized carbons (Fsp3) is 0.778. The normalized spacial score (nSPS) is 22.1. The first kappa shape index (κ1) is 11.9. The predicted octanol–water partition coefficient (Wildman–Crippen LogP) is 1.28. The van der Waals surface area contributed by atoms with E-state index >= 15 is 0 Å². The zero-order valence-corrected chi connectivity index (χ0v) is 8.57. The molecule has 1 aliphatic heterocycles. The van der Waals surface area contributed by atoms with Crippen molar-refractivity contribution in [3.63, 3.8) is 0 Å². The Hall–Kier alpha value is -1.17. The summed E-state index contributed by atoms with van der Waals surface area (Å²) < 4.78 is 21.6. The van der Waals surface area contributed by atoms with E-state index in [0.29, 0.717) is 24.5 Å². The second kappa shape index (κ2) is 5.65. The Balaban J connectivity index is 2.35. The average Bonchev–Trinajstić information content (AvgIpc) is 2.18. The highest BCUT2D eigenvalue weighted by molar-refractivity contribution is 5.83. The molecule has 5 nitrogen and oxygen atoms in total. The number of nitrogens with zero attached hydrogens (tertiary/aromatic N) is 1. The van der Waals surface area contributed by atoms with E-state index in [2.05, 4.69) is 9.47 Å². The van der Waals surface area contributed by atoms with E-state index in [-0.39, 0.29) is 13.2 Å². The largest absolute Gasteiger partial charge is 0.516 e. The summed E-state index contributed by atoms with van der Waals surface area (Å²) in [6.07, 6.45) is 0.107. The van der Waals surface area contributed by atoms with Gasteiger partial charge in [0.2, 0.25) is 0 Å². The first-order valence-corrected chi connectivity index (χ1v) is 4.92. The minimum absolute atomic E-state index is 0.0156. The zero-order chi connectivity index (χ0) is 11.3. The van der Waals surface area contributed by atoms with Crippen LogP contribution in [0, 0.1) is 5.92 Å². The molecule has 1 aliphatic rings. The molecule has 1 heterocycles. The van der Waals surface area contributed by atoms with E-state index in [9.17, 15) is 14.1 Å². The van der Waals surface area contributed by atoms with Crippen LogP contribution in [-0.2, 0) is 14.3 Å². The van der Waals surface area contributed by atoms with Crippen LogP contribution in [0.2, 0.25) is 0 Å². The Kier molecular flexibility index (Phi) is 4.48. The number of esters is 1. The van der Waals surface area contributed by atoms with E-state index in [4.69, 9.17) is 0 Å². The van der Waals surface area contributed by atoms with Gasteiger partial charge in [0.25, 0.3) is 0 Å². The van der Waals surface area contributed by atoms with Gasteiger partial charge in [-0.3, -0.25) is 4.79 Å².